The number of guanidine groups is 1. The fraction of sp³-hybridized carbons (Fsp3) is 0.500. The third-order valence-electron chi connectivity index (χ3n) is 4.49. The highest BCUT2D eigenvalue weighted by molar-refractivity contribution is 14.0. The van der Waals surface area contributed by atoms with Crippen LogP contribution in [0.2, 0.25) is 0 Å². The van der Waals surface area contributed by atoms with Crippen molar-refractivity contribution in [1.82, 2.24) is 20.5 Å². The Hall–Kier alpha value is -1.43. The summed E-state index contributed by atoms with van der Waals surface area (Å²) in [5.41, 5.74) is 1.11. The predicted octanol–water partition coefficient (Wildman–Crippen LogP) is 2.65. The van der Waals surface area contributed by atoms with Crippen LogP contribution in [0.3, 0.4) is 0 Å². The van der Waals surface area contributed by atoms with Gasteiger partial charge in [0.05, 0.1) is 19.8 Å². The summed E-state index contributed by atoms with van der Waals surface area (Å²) in [5.74, 6) is 1.66. The number of aryl methyl sites for hydroxylation is 1. The molecular formula is C20H30IN5O2S. The van der Waals surface area contributed by atoms with Gasteiger partial charge < -0.3 is 20.1 Å². The van der Waals surface area contributed by atoms with Gasteiger partial charge in [0, 0.05) is 49.9 Å². The van der Waals surface area contributed by atoms with E-state index in [9.17, 15) is 0 Å². The van der Waals surface area contributed by atoms with E-state index in [2.05, 4.69) is 38.5 Å². The highest BCUT2D eigenvalue weighted by atomic mass is 127. The van der Waals surface area contributed by atoms with Gasteiger partial charge in [0.15, 0.2) is 5.96 Å². The molecule has 9 heteroatoms. The summed E-state index contributed by atoms with van der Waals surface area (Å²) >= 11 is 1.69. The van der Waals surface area contributed by atoms with Crippen LogP contribution in [0.15, 0.2) is 35.5 Å². The lowest BCUT2D eigenvalue weighted by Gasteiger charge is -2.26. The average Bonchev–Trinajstić information content (AvgIpc) is 3.15. The smallest absolute Gasteiger partial charge is 0.191 e. The summed E-state index contributed by atoms with van der Waals surface area (Å²) in [4.78, 5) is 12.2. The topological polar surface area (TPSA) is 71.0 Å². The van der Waals surface area contributed by atoms with Crippen LogP contribution < -0.4 is 15.4 Å². The molecule has 1 aromatic heterocycles. The largest absolute Gasteiger partial charge is 0.492 e. The lowest BCUT2D eigenvalue weighted by Crippen LogP contribution is -2.38. The molecule has 29 heavy (non-hydrogen) atoms. The Labute approximate surface area is 193 Å². The number of benzene rings is 1. The summed E-state index contributed by atoms with van der Waals surface area (Å²) in [6.45, 7) is 8.54. The van der Waals surface area contributed by atoms with Crippen molar-refractivity contribution in [3.8, 4) is 5.75 Å². The van der Waals surface area contributed by atoms with Gasteiger partial charge in [-0.15, -0.1) is 35.3 Å². The average molecular weight is 531 g/mol. The number of para-hydroxylation sites is 1. The van der Waals surface area contributed by atoms with Crippen molar-refractivity contribution < 1.29 is 9.47 Å². The van der Waals surface area contributed by atoms with Gasteiger partial charge in [-0.25, -0.2) is 4.98 Å². The van der Waals surface area contributed by atoms with Gasteiger partial charge in [-0.1, -0.05) is 18.2 Å². The van der Waals surface area contributed by atoms with E-state index < -0.39 is 0 Å². The Morgan fingerprint density at radius 1 is 1.24 bits per heavy atom. The number of hydrogen-bond acceptors (Lipinski definition) is 6. The minimum atomic E-state index is 0. The zero-order valence-electron chi connectivity index (χ0n) is 17.0. The Morgan fingerprint density at radius 2 is 2.00 bits per heavy atom. The van der Waals surface area contributed by atoms with Crippen molar-refractivity contribution in [1.29, 1.82) is 0 Å². The van der Waals surface area contributed by atoms with E-state index in [1.165, 1.54) is 4.88 Å². The van der Waals surface area contributed by atoms with Crippen molar-refractivity contribution >= 4 is 41.3 Å². The maximum absolute atomic E-state index is 6.05. The van der Waals surface area contributed by atoms with E-state index >= 15 is 0 Å². The zero-order valence-corrected chi connectivity index (χ0v) is 20.2. The molecule has 3 rings (SSSR count). The van der Waals surface area contributed by atoms with Crippen molar-refractivity contribution in [3.63, 3.8) is 0 Å². The molecule has 0 bridgehead atoms. The molecule has 160 valence electrons. The summed E-state index contributed by atoms with van der Waals surface area (Å²) in [7, 11) is 1.77. The fourth-order valence-electron chi connectivity index (χ4n) is 2.94. The molecule has 0 unspecified atom stereocenters. The van der Waals surface area contributed by atoms with Crippen LogP contribution in [-0.4, -0.2) is 62.3 Å². The van der Waals surface area contributed by atoms with E-state index in [0.29, 0.717) is 19.7 Å². The van der Waals surface area contributed by atoms with Crippen LogP contribution >= 0.6 is 35.3 Å². The van der Waals surface area contributed by atoms with Gasteiger partial charge in [0.2, 0.25) is 0 Å². The van der Waals surface area contributed by atoms with Crippen LogP contribution in [0.25, 0.3) is 0 Å². The second-order valence-corrected chi connectivity index (χ2v) is 7.87. The number of halogens is 1. The molecule has 0 aliphatic carbocycles. The summed E-state index contributed by atoms with van der Waals surface area (Å²) in [5, 5.41) is 7.70. The van der Waals surface area contributed by atoms with Crippen molar-refractivity contribution in [3.05, 3.63) is 45.9 Å². The lowest BCUT2D eigenvalue weighted by atomic mass is 10.2. The molecule has 1 aliphatic rings. The molecule has 0 atom stereocenters. The summed E-state index contributed by atoms with van der Waals surface area (Å²) in [6.07, 6.45) is 1.89. The van der Waals surface area contributed by atoms with Gasteiger partial charge in [0.25, 0.3) is 0 Å². The first-order chi connectivity index (χ1) is 13.7. The molecule has 1 saturated heterocycles. The molecule has 0 saturated carbocycles. The van der Waals surface area contributed by atoms with Crippen LogP contribution in [0.5, 0.6) is 5.75 Å². The second-order valence-electron chi connectivity index (χ2n) is 6.55. The molecule has 7 nitrogen and oxygen atoms in total. The van der Waals surface area contributed by atoms with E-state index in [0.717, 1.165) is 55.1 Å². The Balaban J connectivity index is 0.00000300. The molecule has 0 amide bonds. The number of thiazole rings is 1. The minimum Gasteiger partial charge on any atom is -0.492 e. The number of aromatic nitrogens is 1. The van der Waals surface area contributed by atoms with Gasteiger partial charge in [0.1, 0.15) is 17.4 Å². The van der Waals surface area contributed by atoms with Crippen molar-refractivity contribution in [2.75, 3.05) is 46.5 Å². The SMILES string of the molecule is CN=C(NCc1ncc(C)s1)NCc1ccccc1OCCN1CCOCC1.I. The van der Waals surface area contributed by atoms with E-state index in [1.54, 1.807) is 18.4 Å². The Bertz CT molecular complexity index is 765. The van der Waals surface area contributed by atoms with Crippen LogP contribution in [0, 0.1) is 6.92 Å². The van der Waals surface area contributed by atoms with Crippen LogP contribution in [0.4, 0.5) is 0 Å². The monoisotopic (exact) mass is 531 g/mol. The Kier molecular flexibility index (Phi) is 10.7. The number of rotatable bonds is 8. The summed E-state index contributed by atoms with van der Waals surface area (Å²) < 4.78 is 11.4. The number of morpholine rings is 1. The van der Waals surface area contributed by atoms with Gasteiger partial charge in [-0.2, -0.15) is 0 Å². The lowest BCUT2D eigenvalue weighted by molar-refractivity contribution is 0.0322. The molecule has 2 heterocycles. The van der Waals surface area contributed by atoms with Gasteiger partial charge in [-0.05, 0) is 13.0 Å². The third-order valence-corrected chi connectivity index (χ3v) is 5.40. The number of nitrogens with zero attached hydrogens (tertiary/aromatic N) is 3. The van der Waals surface area contributed by atoms with E-state index in [1.807, 2.05) is 24.4 Å². The molecular weight excluding hydrogens is 501 g/mol. The van der Waals surface area contributed by atoms with Gasteiger partial charge in [-0.3, -0.25) is 9.89 Å². The Morgan fingerprint density at radius 3 is 2.72 bits per heavy atom. The maximum Gasteiger partial charge on any atom is 0.191 e. The van der Waals surface area contributed by atoms with E-state index in [4.69, 9.17) is 9.47 Å². The fourth-order valence-corrected chi connectivity index (χ4v) is 3.67. The number of aliphatic imine (C=N–C) groups is 1. The first-order valence-corrected chi connectivity index (χ1v) is 10.4. The number of nitrogens with one attached hydrogen (secondary N) is 2. The zero-order chi connectivity index (χ0) is 19.6. The highest BCUT2D eigenvalue weighted by Gasteiger charge is 2.11. The molecule has 1 aromatic carbocycles. The first kappa shape index (κ1) is 23.8. The minimum absolute atomic E-state index is 0. The number of hydrogen-bond donors (Lipinski definition) is 2. The normalized spacial score (nSPS) is 14.9. The first-order valence-electron chi connectivity index (χ1n) is 9.61. The second kappa shape index (κ2) is 13.0. The molecule has 1 fully saturated rings. The van der Waals surface area contributed by atoms with Crippen LogP contribution in [-0.2, 0) is 17.8 Å². The predicted molar refractivity (Wildman–Crippen MR) is 129 cm³/mol. The standard InChI is InChI=1S/C20H29N5O2S.HI/c1-16-13-22-19(28-16)15-24-20(21-2)23-14-17-5-3-4-6-18(17)27-12-9-25-7-10-26-11-8-25;/h3-6,13H,7-12,14-15H2,1-2H3,(H2,21,23,24);1H. The van der Waals surface area contributed by atoms with Crippen molar-refractivity contribution in [2.24, 2.45) is 4.99 Å². The maximum atomic E-state index is 6.05. The highest BCUT2D eigenvalue weighted by Crippen LogP contribution is 2.18. The molecule has 1 aliphatic heterocycles. The third kappa shape index (κ3) is 8.07. The van der Waals surface area contributed by atoms with Gasteiger partial charge >= 0.3 is 0 Å². The molecule has 2 aromatic rings. The van der Waals surface area contributed by atoms with Crippen molar-refractivity contribution in [2.45, 2.75) is 20.0 Å². The van der Waals surface area contributed by atoms with E-state index in [-0.39, 0.29) is 24.0 Å². The molecule has 2 N–H and O–H groups in total. The van der Waals surface area contributed by atoms with Crippen LogP contribution in [0.1, 0.15) is 15.4 Å². The summed E-state index contributed by atoms with van der Waals surface area (Å²) in [6, 6.07) is 8.13. The number of ether oxygens (including phenoxy) is 2. The quantitative estimate of drug-likeness (QED) is 0.310. The molecule has 0 spiro atoms. The molecule has 0 radical (unpaired) electrons.